The molecule has 1 aromatic rings. The molecule has 0 heterocycles. The first-order valence-corrected chi connectivity index (χ1v) is 13.1. The van der Waals surface area contributed by atoms with Gasteiger partial charge in [0.05, 0.1) is 6.10 Å². The van der Waals surface area contributed by atoms with E-state index in [4.69, 9.17) is 0 Å². The van der Waals surface area contributed by atoms with Crippen molar-refractivity contribution in [1.29, 1.82) is 0 Å². The van der Waals surface area contributed by atoms with E-state index in [1.165, 1.54) is 0 Å². The Morgan fingerprint density at radius 2 is 1.79 bits per heavy atom. The number of hydrogen-bond donors (Lipinski definition) is 2. The Morgan fingerprint density at radius 3 is 2.41 bits per heavy atom. The first kappa shape index (κ1) is 26.7. The second-order valence-electron chi connectivity index (χ2n) is 12.7. The summed E-state index contributed by atoms with van der Waals surface area (Å²) in [6.07, 6.45) is 3.81. The third kappa shape index (κ3) is 6.02. The maximum atomic E-state index is 13.3. The van der Waals surface area contributed by atoms with E-state index >= 15 is 0 Å². The summed E-state index contributed by atoms with van der Waals surface area (Å²) < 4.78 is 0. The van der Waals surface area contributed by atoms with Crippen molar-refractivity contribution in [3.63, 3.8) is 0 Å². The van der Waals surface area contributed by atoms with Crippen LogP contribution in [0, 0.1) is 34.5 Å². The summed E-state index contributed by atoms with van der Waals surface area (Å²) in [5.41, 5.74) is 1.12. The lowest BCUT2D eigenvalue weighted by Gasteiger charge is -2.56. The molecule has 2 amide bonds. The van der Waals surface area contributed by atoms with Crippen molar-refractivity contribution in [1.82, 2.24) is 10.2 Å². The van der Waals surface area contributed by atoms with Crippen molar-refractivity contribution in [2.24, 2.45) is 34.5 Å². The number of aliphatic hydroxyl groups excluding tert-OH is 1. The van der Waals surface area contributed by atoms with Gasteiger partial charge in [0.1, 0.15) is 0 Å². The Morgan fingerprint density at radius 1 is 1.18 bits per heavy atom. The van der Waals surface area contributed by atoms with E-state index < -0.39 is 6.10 Å². The zero-order chi connectivity index (χ0) is 25.3. The molecule has 2 N–H and O–H groups in total. The van der Waals surface area contributed by atoms with Gasteiger partial charge in [0.25, 0.3) is 0 Å². The minimum atomic E-state index is -0.542. The largest absolute Gasteiger partial charge is 0.392 e. The summed E-state index contributed by atoms with van der Waals surface area (Å²) in [5.74, 6) is 0.141. The molecule has 2 aliphatic carbocycles. The van der Waals surface area contributed by atoms with Crippen molar-refractivity contribution < 1.29 is 14.7 Å². The summed E-state index contributed by atoms with van der Waals surface area (Å²) in [6, 6.07) is 10.1. The minimum absolute atomic E-state index is 0.0481. The van der Waals surface area contributed by atoms with Crippen LogP contribution in [0.25, 0.3) is 0 Å². The monoisotopic (exact) mass is 470 g/mol. The van der Waals surface area contributed by atoms with E-state index in [2.05, 4.69) is 39.9 Å². The SMILES string of the molecule is C[C@@H]1[C@@H]2[C@@H](O)[C@@H]([C@H](C)C(=O)N(C)Cc3ccccc3)CC[C@]2(C)CC[C@@H]1NC(=O)CC(C)(C)C. The molecule has 0 unspecified atom stereocenters. The number of amides is 2. The molecule has 1 aromatic carbocycles. The fourth-order valence-corrected chi connectivity index (χ4v) is 6.70. The maximum Gasteiger partial charge on any atom is 0.225 e. The Hall–Kier alpha value is -1.88. The Bertz CT molecular complexity index is 849. The van der Waals surface area contributed by atoms with E-state index in [9.17, 15) is 14.7 Å². The molecule has 0 aromatic heterocycles. The number of nitrogens with zero attached hydrogens (tertiary/aromatic N) is 1. The molecule has 0 spiro atoms. The van der Waals surface area contributed by atoms with Gasteiger partial charge in [-0.2, -0.15) is 0 Å². The normalized spacial score (nSPS) is 32.4. The molecular formula is C29H46N2O3. The van der Waals surface area contributed by atoms with Crippen LogP contribution in [-0.2, 0) is 16.1 Å². The molecule has 2 saturated carbocycles. The van der Waals surface area contributed by atoms with E-state index in [1.54, 1.807) is 4.90 Å². The zero-order valence-corrected chi connectivity index (χ0v) is 22.3. The van der Waals surface area contributed by atoms with Crippen molar-refractivity contribution in [2.45, 2.75) is 92.3 Å². The molecule has 190 valence electrons. The number of nitrogens with one attached hydrogen (secondary N) is 1. The summed E-state index contributed by atoms with van der Waals surface area (Å²) in [7, 11) is 1.86. The lowest BCUT2D eigenvalue weighted by molar-refractivity contribution is -0.150. The highest BCUT2D eigenvalue weighted by Crippen LogP contribution is 2.55. The maximum absolute atomic E-state index is 13.3. The highest BCUT2D eigenvalue weighted by atomic mass is 16.3. The van der Waals surface area contributed by atoms with Crippen LogP contribution in [0.1, 0.15) is 79.2 Å². The Balaban J connectivity index is 1.69. The van der Waals surface area contributed by atoms with Crippen LogP contribution in [-0.4, -0.2) is 41.0 Å². The topological polar surface area (TPSA) is 69.6 Å². The molecule has 2 fully saturated rings. The molecular weight excluding hydrogens is 424 g/mol. The highest BCUT2D eigenvalue weighted by Gasteiger charge is 2.54. The van der Waals surface area contributed by atoms with Gasteiger partial charge >= 0.3 is 0 Å². The number of carbonyl (C=O) groups excluding carboxylic acids is 2. The zero-order valence-electron chi connectivity index (χ0n) is 22.3. The summed E-state index contributed by atoms with van der Waals surface area (Å²) in [6.45, 7) is 13.3. The first-order chi connectivity index (χ1) is 15.8. The molecule has 5 heteroatoms. The molecule has 0 saturated heterocycles. The van der Waals surface area contributed by atoms with Gasteiger partial charge in [0, 0.05) is 32.0 Å². The summed E-state index contributed by atoms with van der Waals surface area (Å²) >= 11 is 0. The van der Waals surface area contributed by atoms with Crippen molar-refractivity contribution in [2.75, 3.05) is 7.05 Å². The fourth-order valence-electron chi connectivity index (χ4n) is 6.70. The lowest BCUT2D eigenvalue weighted by Crippen LogP contribution is -2.58. The van der Waals surface area contributed by atoms with Gasteiger partial charge in [0.15, 0.2) is 0 Å². The highest BCUT2D eigenvalue weighted by molar-refractivity contribution is 5.78. The van der Waals surface area contributed by atoms with Crippen molar-refractivity contribution in [3.05, 3.63) is 35.9 Å². The van der Waals surface area contributed by atoms with Gasteiger partial charge in [-0.25, -0.2) is 0 Å². The van der Waals surface area contributed by atoms with Gasteiger partial charge in [-0.15, -0.1) is 0 Å². The van der Waals surface area contributed by atoms with Crippen LogP contribution in [0.3, 0.4) is 0 Å². The third-order valence-electron chi connectivity index (χ3n) is 8.60. The van der Waals surface area contributed by atoms with E-state index in [0.717, 1.165) is 31.2 Å². The van der Waals surface area contributed by atoms with Gasteiger partial charge in [-0.1, -0.05) is 71.9 Å². The average molecular weight is 471 g/mol. The van der Waals surface area contributed by atoms with Crippen LogP contribution in [0.4, 0.5) is 0 Å². The van der Waals surface area contributed by atoms with Crippen molar-refractivity contribution >= 4 is 11.8 Å². The van der Waals surface area contributed by atoms with E-state index in [0.29, 0.717) is 13.0 Å². The number of fused-ring (bicyclic) bond motifs is 1. The van der Waals surface area contributed by atoms with E-state index in [1.807, 2.05) is 44.3 Å². The van der Waals surface area contributed by atoms with Crippen LogP contribution in [0.5, 0.6) is 0 Å². The van der Waals surface area contributed by atoms with Crippen LogP contribution >= 0.6 is 0 Å². The van der Waals surface area contributed by atoms with Crippen LogP contribution < -0.4 is 5.32 Å². The molecule has 7 atom stereocenters. The lowest BCUT2D eigenvalue weighted by atomic mass is 9.51. The predicted octanol–water partition coefficient (Wildman–Crippen LogP) is 5.03. The number of aliphatic hydroxyl groups is 1. The van der Waals surface area contributed by atoms with Gasteiger partial charge in [-0.05, 0) is 59.8 Å². The van der Waals surface area contributed by atoms with Gasteiger partial charge in [0.2, 0.25) is 11.8 Å². The molecule has 0 aliphatic heterocycles. The second-order valence-corrected chi connectivity index (χ2v) is 12.7. The van der Waals surface area contributed by atoms with Crippen molar-refractivity contribution in [3.8, 4) is 0 Å². The van der Waals surface area contributed by atoms with Crippen LogP contribution in [0.2, 0.25) is 0 Å². The summed E-state index contributed by atoms with van der Waals surface area (Å²) in [5, 5.41) is 14.9. The minimum Gasteiger partial charge on any atom is -0.392 e. The Kier molecular flexibility index (Phi) is 8.17. The van der Waals surface area contributed by atoms with Gasteiger partial charge in [-0.3, -0.25) is 9.59 Å². The number of carbonyl (C=O) groups is 2. The number of benzene rings is 1. The summed E-state index contributed by atoms with van der Waals surface area (Å²) in [4.78, 5) is 27.8. The van der Waals surface area contributed by atoms with Crippen LogP contribution in [0.15, 0.2) is 30.3 Å². The number of rotatable bonds is 6. The first-order valence-electron chi connectivity index (χ1n) is 13.1. The molecule has 2 aliphatic rings. The molecule has 34 heavy (non-hydrogen) atoms. The Labute approximate surface area is 206 Å². The third-order valence-corrected chi connectivity index (χ3v) is 8.60. The molecule has 3 rings (SSSR count). The predicted molar refractivity (Wildman–Crippen MR) is 137 cm³/mol. The van der Waals surface area contributed by atoms with E-state index in [-0.39, 0.29) is 52.4 Å². The van der Waals surface area contributed by atoms with Gasteiger partial charge < -0.3 is 15.3 Å². The smallest absolute Gasteiger partial charge is 0.225 e. The molecule has 5 nitrogen and oxygen atoms in total. The molecule has 0 bridgehead atoms. The average Bonchev–Trinajstić information content (AvgIpc) is 2.74. The fraction of sp³-hybridized carbons (Fsp3) is 0.724. The second kappa shape index (κ2) is 10.4. The number of hydrogen-bond acceptors (Lipinski definition) is 3. The molecule has 0 radical (unpaired) electrons. The standard InChI is InChI=1S/C29H46N2O3/c1-19(27(34)31(7)18-21-11-9-8-10-12-21)22-13-15-29(6)16-14-23(20(2)25(29)26(22)33)30-24(32)17-28(3,4)5/h8-12,19-20,22-23,25-26,33H,13-18H2,1-7H3,(H,30,32)/t19-,20-,22+,23-,25+,26-,29+/m0/s1. The quantitative estimate of drug-likeness (QED) is 0.613.